The van der Waals surface area contributed by atoms with Crippen LogP contribution in [-0.4, -0.2) is 16.0 Å². The highest BCUT2D eigenvalue weighted by molar-refractivity contribution is 5.66. The number of unbranched alkanes of at least 4 members (excludes halogenated alkanes) is 2. The van der Waals surface area contributed by atoms with Crippen molar-refractivity contribution in [2.45, 2.75) is 32.1 Å². The van der Waals surface area contributed by atoms with Gasteiger partial charge in [-0.15, -0.1) is 0 Å². The fraction of sp³-hybridized carbons (Fsp3) is 0.417. The topological polar surface area (TPSA) is 129 Å². The first-order chi connectivity index (χ1) is 9.54. The number of aliphatic carboxylic acids is 1. The van der Waals surface area contributed by atoms with Crippen LogP contribution >= 0.6 is 0 Å². The van der Waals surface area contributed by atoms with Gasteiger partial charge in [-0.2, -0.15) is 0 Å². The van der Waals surface area contributed by atoms with Gasteiger partial charge in [-0.25, -0.2) is 0 Å². The molecule has 0 aliphatic rings. The molecule has 1 N–H and O–H groups in total. The highest BCUT2D eigenvalue weighted by Gasteiger charge is 2.13. The lowest BCUT2D eigenvalue weighted by Gasteiger charge is -2.03. The Labute approximate surface area is 114 Å². The summed E-state index contributed by atoms with van der Waals surface area (Å²) in [5, 5.41) is 22.8. The van der Waals surface area contributed by atoms with Crippen LogP contribution in [0.2, 0.25) is 0 Å². The lowest BCUT2D eigenvalue weighted by molar-refractivity contribution is -0.385. The number of benzene rings is 1. The Morgan fingerprint density at radius 2 is 2.15 bits per heavy atom. The summed E-state index contributed by atoms with van der Waals surface area (Å²) in [6.07, 6.45) is 2.53. The SMILES string of the molecule is [N-]=[N+]=Nc1ccc(CCCCCC(=O)O)c([N+](=O)[O-])c1. The molecule has 106 valence electrons. The molecule has 1 aromatic carbocycles. The van der Waals surface area contributed by atoms with Gasteiger partial charge < -0.3 is 5.11 Å². The summed E-state index contributed by atoms with van der Waals surface area (Å²) < 4.78 is 0. The number of hydrogen-bond acceptors (Lipinski definition) is 4. The molecule has 0 saturated heterocycles. The summed E-state index contributed by atoms with van der Waals surface area (Å²) in [5.74, 6) is -0.838. The van der Waals surface area contributed by atoms with E-state index in [1.54, 1.807) is 6.07 Å². The van der Waals surface area contributed by atoms with Crippen molar-refractivity contribution in [2.24, 2.45) is 5.11 Å². The minimum absolute atomic E-state index is 0.0758. The number of nitro benzene ring substituents is 1. The third kappa shape index (κ3) is 4.95. The van der Waals surface area contributed by atoms with E-state index in [0.717, 1.165) is 0 Å². The van der Waals surface area contributed by atoms with Crippen molar-refractivity contribution in [3.63, 3.8) is 0 Å². The highest BCUT2D eigenvalue weighted by atomic mass is 16.6. The van der Waals surface area contributed by atoms with E-state index < -0.39 is 10.9 Å². The monoisotopic (exact) mass is 278 g/mol. The molecule has 0 aliphatic heterocycles. The van der Waals surface area contributed by atoms with E-state index in [4.69, 9.17) is 10.6 Å². The van der Waals surface area contributed by atoms with Gasteiger partial charge in [0.25, 0.3) is 5.69 Å². The Morgan fingerprint density at radius 3 is 2.75 bits per heavy atom. The van der Waals surface area contributed by atoms with E-state index in [-0.39, 0.29) is 17.8 Å². The molecule has 8 heteroatoms. The van der Waals surface area contributed by atoms with Crippen LogP contribution in [-0.2, 0) is 11.2 Å². The summed E-state index contributed by atoms with van der Waals surface area (Å²) >= 11 is 0. The zero-order chi connectivity index (χ0) is 15.0. The first-order valence-electron chi connectivity index (χ1n) is 6.09. The fourth-order valence-electron chi connectivity index (χ4n) is 1.82. The Kier molecular flexibility index (Phi) is 5.99. The smallest absolute Gasteiger partial charge is 0.303 e. The molecule has 0 atom stereocenters. The van der Waals surface area contributed by atoms with Crippen molar-refractivity contribution < 1.29 is 14.8 Å². The molecule has 20 heavy (non-hydrogen) atoms. The predicted octanol–water partition coefficient (Wildman–Crippen LogP) is 3.72. The van der Waals surface area contributed by atoms with Crippen molar-refractivity contribution in [3.05, 3.63) is 44.3 Å². The van der Waals surface area contributed by atoms with Gasteiger partial charge >= 0.3 is 5.97 Å². The number of nitrogens with zero attached hydrogens (tertiary/aromatic N) is 4. The maximum Gasteiger partial charge on any atom is 0.303 e. The van der Waals surface area contributed by atoms with Gasteiger partial charge in [0.15, 0.2) is 0 Å². The van der Waals surface area contributed by atoms with Crippen LogP contribution in [0.5, 0.6) is 0 Å². The number of carboxylic acid groups (broad SMARTS) is 1. The van der Waals surface area contributed by atoms with Gasteiger partial charge in [0.2, 0.25) is 0 Å². The second kappa shape index (κ2) is 7.75. The van der Waals surface area contributed by atoms with Crippen LogP contribution < -0.4 is 0 Å². The normalized spacial score (nSPS) is 9.80. The molecule has 1 rings (SSSR count). The summed E-state index contributed by atoms with van der Waals surface area (Å²) in [4.78, 5) is 23.4. The van der Waals surface area contributed by atoms with Crippen molar-refractivity contribution >= 4 is 17.3 Å². The van der Waals surface area contributed by atoms with E-state index in [9.17, 15) is 14.9 Å². The number of carboxylic acids is 1. The molecule has 0 bridgehead atoms. The third-order valence-corrected chi connectivity index (χ3v) is 2.76. The number of azide groups is 1. The molecule has 0 saturated carbocycles. The second-order valence-corrected chi connectivity index (χ2v) is 4.21. The molecular formula is C12H14N4O4. The van der Waals surface area contributed by atoms with Crippen LogP contribution in [0.4, 0.5) is 11.4 Å². The van der Waals surface area contributed by atoms with Gasteiger partial charge in [-0.3, -0.25) is 14.9 Å². The molecule has 0 radical (unpaired) electrons. The Morgan fingerprint density at radius 1 is 1.40 bits per heavy atom. The van der Waals surface area contributed by atoms with E-state index in [1.165, 1.54) is 12.1 Å². The molecule has 8 nitrogen and oxygen atoms in total. The van der Waals surface area contributed by atoms with Crippen LogP contribution in [0.3, 0.4) is 0 Å². The lowest BCUT2D eigenvalue weighted by Crippen LogP contribution is -1.97. The minimum Gasteiger partial charge on any atom is -0.481 e. The average Bonchev–Trinajstić information content (AvgIpc) is 2.39. The van der Waals surface area contributed by atoms with Crippen LogP contribution in [0.25, 0.3) is 10.4 Å². The van der Waals surface area contributed by atoms with Crippen LogP contribution in [0.15, 0.2) is 23.3 Å². The molecule has 0 unspecified atom stereocenters. The largest absolute Gasteiger partial charge is 0.481 e. The van der Waals surface area contributed by atoms with Gasteiger partial charge in [0, 0.05) is 28.6 Å². The van der Waals surface area contributed by atoms with Crippen molar-refractivity contribution in [3.8, 4) is 0 Å². The summed E-state index contributed by atoms with van der Waals surface area (Å²) in [5.41, 5.74) is 8.99. The number of carbonyl (C=O) groups is 1. The molecule has 0 fully saturated rings. The second-order valence-electron chi connectivity index (χ2n) is 4.21. The number of aryl methyl sites for hydroxylation is 1. The molecule has 0 aliphatic carbocycles. The van der Waals surface area contributed by atoms with Crippen molar-refractivity contribution in [1.82, 2.24) is 0 Å². The van der Waals surface area contributed by atoms with Gasteiger partial charge in [-0.05, 0) is 24.8 Å². The molecule has 0 heterocycles. The fourth-order valence-corrected chi connectivity index (χ4v) is 1.82. The molecule has 1 aromatic rings. The first-order valence-corrected chi connectivity index (χ1v) is 6.09. The van der Waals surface area contributed by atoms with Gasteiger partial charge in [-0.1, -0.05) is 23.7 Å². The minimum atomic E-state index is -0.838. The van der Waals surface area contributed by atoms with E-state index >= 15 is 0 Å². The Hall–Kier alpha value is -2.60. The van der Waals surface area contributed by atoms with Gasteiger partial charge in [0.05, 0.1) is 4.92 Å². The van der Waals surface area contributed by atoms with E-state index in [0.29, 0.717) is 31.2 Å². The molecule has 0 amide bonds. The summed E-state index contributed by atoms with van der Waals surface area (Å²) in [6, 6.07) is 4.34. The first kappa shape index (κ1) is 15.5. The summed E-state index contributed by atoms with van der Waals surface area (Å²) in [6.45, 7) is 0. The molecule has 0 aromatic heterocycles. The quantitative estimate of drug-likeness (QED) is 0.194. The van der Waals surface area contributed by atoms with E-state index in [1.807, 2.05) is 0 Å². The van der Waals surface area contributed by atoms with Gasteiger partial charge in [0.1, 0.15) is 0 Å². The predicted molar refractivity (Wildman–Crippen MR) is 71.7 cm³/mol. The Balaban J connectivity index is 2.67. The lowest BCUT2D eigenvalue weighted by atomic mass is 10.0. The van der Waals surface area contributed by atoms with Crippen LogP contribution in [0, 0.1) is 10.1 Å². The molecule has 0 spiro atoms. The summed E-state index contributed by atoms with van der Waals surface area (Å²) in [7, 11) is 0. The molecular weight excluding hydrogens is 264 g/mol. The average molecular weight is 278 g/mol. The van der Waals surface area contributed by atoms with E-state index in [2.05, 4.69) is 10.0 Å². The van der Waals surface area contributed by atoms with Crippen LogP contribution in [0.1, 0.15) is 31.2 Å². The number of nitro groups is 1. The standard InChI is InChI=1S/C12H14N4O4/c13-15-14-10-7-6-9(11(8-10)16(19)20)4-2-1-3-5-12(17)18/h6-8H,1-5H2,(H,17,18). The maximum absolute atomic E-state index is 10.9. The zero-order valence-electron chi connectivity index (χ0n) is 10.7. The highest BCUT2D eigenvalue weighted by Crippen LogP contribution is 2.26. The van der Waals surface area contributed by atoms with Crippen molar-refractivity contribution in [1.29, 1.82) is 0 Å². The number of rotatable bonds is 8. The maximum atomic E-state index is 10.9. The number of hydrogen-bond donors (Lipinski definition) is 1. The zero-order valence-corrected chi connectivity index (χ0v) is 10.7. The van der Waals surface area contributed by atoms with Crippen molar-refractivity contribution in [2.75, 3.05) is 0 Å². The Bertz CT molecular complexity index is 552. The third-order valence-electron chi connectivity index (χ3n) is 2.76.